The maximum atomic E-state index is 12.6. The Kier molecular flexibility index (Phi) is 6.68. The number of carboxylic acid groups (broad SMARTS) is 1. The Hall–Kier alpha value is -3.21. The molecule has 32 heavy (non-hydrogen) atoms. The minimum atomic E-state index is -3.30. The molecule has 2 unspecified atom stereocenters. The van der Waals surface area contributed by atoms with E-state index in [1.54, 1.807) is 0 Å². The Bertz CT molecular complexity index is 976. The number of nitrogens with two attached hydrogens (primary N) is 2. The molecule has 3 heterocycles. The van der Waals surface area contributed by atoms with Crippen LogP contribution in [-0.2, 0) is 24.0 Å². The first kappa shape index (κ1) is 23.5. The quantitative estimate of drug-likeness (QED) is 0.202. The number of primary amides is 1. The van der Waals surface area contributed by atoms with Gasteiger partial charge in [-0.2, -0.15) is 8.78 Å². The van der Waals surface area contributed by atoms with E-state index in [9.17, 15) is 33.1 Å². The Balaban J connectivity index is 1.71. The van der Waals surface area contributed by atoms with Gasteiger partial charge in [0, 0.05) is 17.7 Å². The zero-order chi connectivity index (χ0) is 23.6. The lowest BCUT2D eigenvalue weighted by Crippen LogP contribution is -2.74. The highest BCUT2D eigenvalue weighted by Crippen LogP contribution is 2.42. The molecule has 2 fully saturated rings. The van der Waals surface area contributed by atoms with E-state index in [2.05, 4.69) is 25.0 Å². The third-order valence-electron chi connectivity index (χ3n) is 4.58. The number of β-lactam (4-membered cyclic amide) rings is 1. The number of alkyl halides is 2. The van der Waals surface area contributed by atoms with E-state index < -0.39 is 59.6 Å². The number of nitrogens with one attached hydrogen (secondary N) is 1. The Morgan fingerprint density at radius 1 is 1.47 bits per heavy atom. The van der Waals surface area contributed by atoms with Crippen molar-refractivity contribution in [2.45, 2.75) is 18.0 Å². The monoisotopic (exact) mass is 494 g/mol. The summed E-state index contributed by atoms with van der Waals surface area (Å²) < 4.78 is 29.4. The number of hydrogen-bond donors (Lipinski definition) is 4. The minimum Gasteiger partial charge on any atom is -0.481 e. The van der Waals surface area contributed by atoms with Gasteiger partial charge in [-0.05, 0) is 0 Å². The summed E-state index contributed by atoms with van der Waals surface area (Å²) in [4.78, 5) is 56.6. The van der Waals surface area contributed by atoms with E-state index in [1.165, 1.54) is 10.3 Å². The topological polar surface area (TPSA) is 200 Å². The van der Waals surface area contributed by atoms with Gasteiger partial charge in [-0.15, -0.1) is 23.1 Å². The number of aliphatic carboxylic acids is 1. The fourth-order valence-electron chi connectivity index (χ4n) is 3.02. The summed E-state index contributed by atoms with van der Waals surface area (Å²) in [6.45, 7) is -4.11. The molecule has 0 aliphatic carbocycles. The van der Waals surface area contributed by atoms with Gasteiger partial charge in [-0.1, -0.05) is 5.16 Å². The van der Waals surface area contributed by atoms with Gasteiger partial charge in [-0.25, -0.2) is 9.78 Å². The van der Waals surface area contributed by atoms with Crippen LogP contribution in [-0.4, -0.2) is 81.5 Å². The summed E-state index contributed by atoms with van der Waals surface area (Å²) in [5.74, 6) is -2.97. The molecule has 1 aromatic heterocycles. The lowest BCUT2D eigenvalue weighted by Gasteiger charge is -2.53. The third-order valence-corrected chi connectivity index (χ3v) is 6.84. The van der Waals surface area contributed by atoms with Crippen LogP contribution in [0.1, 0.15) is 5.69 Å². The molecule has 1 aromatic rings. The zero-order valence-corrected chi connectivity index (χ0v) is 17.5. The molecule has 2 aliphatic heterocycles. The first-order chi connectivity index (χ1) is 15.0. The second kappa shape index (κ2) is 9.11. The van der Waals surface area contributed by atoms with Gasteiger partial charge in [0.05, 0.1) is 0 Å². The largest absolute Gasteiger partial charge is 0.481 e. The summed E-state index contributed by atoms with van der Waals surface area (Å²) in [5, 5.41) is 15.8. The number of halogens is 2. The number of nitrogen functional groups attached to an aromatic ring is 1. The molecule has 13 nitrogen and oxygen atoms in total. The van der Waals surface area contributed by atoms with Crippen molar-refractivity contribution in [3.8, 4) is 0 Å². The lowest BCUT2D eigenvalue weighted by molar-refractivity contribution is -0.160. The highest BCUT2D eigenvalue weighted by molar-refractivity contribution is 8.00. The average molecular weight is 494 g/mol. The minimum absolute atomic E-state index is 0.0471. The van der Waals surface area contributed by atoms with Crippen molar-refractivity contribution in [1.82, 2.24) is 15.2 Å². The van der Waals surface area contributed by atoms with Gasteiger partial charge in [-0.3, -0.25) is 14.4 Å². The third kappa shape index (κ3) is 4.67. The van der Waals surface area contributed by atoms with Gasteiger partial charge >= 0.3 is 18.7 Å². The van der Waals surface area contributed by atoms with Crippen LogP contribution in [0.2, 0.25) is 0 Å². The van der Waals surface area contributed by atoms with Crippen LogP contribution in [0.25, 0.3) is 0 Å². The highest BCUT2D eigenvalue weighted by Gasteiger charge is 2.58. The summed E-state index contributed by atoms with van der Waals surface area (Å²) in [7, 11) is 0. The smallest absolute Gasteiger partial charge is 0.407 e. The second-order valence-electron chi connectivity index (χ2n) is 6.69. The van der Waals surface area contributed by atoms with Crippen molar-refractivity contribution < 1.29 is 42.6 Å². The van der Waals surface area contributed by atoms with E-state index in [0.717, 1.165) is 23.1 Å². The van der Waals surface area contributed by atoms with E-state index in [4.69, 9.17) is 11.5 Å². The number of ether oxygens (including phenoxy) is 1. The number of rotatable bonds is 8. The van der Waals surface area contributed by atoms with Crippen molar-refractivity contribution >= 4 is 57.8 Å². The number of nitrogens with zero attached hydrogens (tertiary/aromatic N) is 3. The van der Waals surface area contributed by atoms with Gasteiger partial charge < -0.3 is 36.4 Å². The van der Waals surface area contributed by atoms with Gasteiger partial charge in [0.1, 0.15) is 29.1 Å². The van der Waals surface area contributed by atoms with Crippen LogP contribution >= 0.6 is 23.1 Å². The summed E-state index contributed by atoms with van der Waals surface area (Å²) in [5.41, 5.74) is 8.08. The molecule has 0 radical (unpaired) electrons. The van der Waals surface area contributed by atoms with Gasteiger partial charge in [0.25, 0.3) is 5.91 Å². The molecule has 17 heteroatoms. The average Bonchev–Trinajstić information content (AvgIpc) is 3.15. The normalized spacial score (nSPS) is 25.0. The molecular weight excluding hydrogens is 478 g/mol. The molecule has 3 amide bonds. The molecule has 6 N–H and O–H groups in total. The van der Waals surface area contributed by atoms with Crippen LogP contribution in [0.5, 0.6) is 0 Å². The Morgan fingerprint density at radius 2 is 2.19 bits per heavy atom. The number of carboxylic acids is 1. The summed E-state index contributed by atoms with van der Waals surface area (Å²) >= 11 is 1.97. The maximum Gasteiger partial charge on any atom is 0.407 e. The second-order valence-corrected chi connectivity index (χ2v) is 8.68. The predicted molar refractivity (Wildman–Crippen MR) is 106 cm³/mol. The van der Waals surface area contributed by atoms with E-state index in [1.807, 2.05) is 0 Å². The number of anilines is 1. The van der Waals surface area contributed by atoms with Crippen molar-refractivity contribution in [3.05, 3.63) is 11.1 Å². The van der Waals surface area contributed by atoms with Crippen LogP contribution in [0, 0.1) is 5.41 Å². The van der Waals surface area contributed by atoms with Gasteiger partial charge in [0.2, 0.25) is 5.91 Å². The van der Waals surface area contributed by atoms with Crippen molar-refractivity contribution in [2.75, 3.05) is 24.6 Å². The van der Waals surface area contributed by atoms with Crippen LogP contribution in [0.4, 0.5) is 18.7 Å². The van der Waals surface area contributed by atoms with Crippen molar-refractivity contribution in [3.63, 3.8) is 0 Å². The molecule has 0 aromatic carbocycles. The Morgan fingerprint density at radius 3 is 2.75 bits per heavy atom. The number of thioether (sulfide) groups is 1. The predicted octanol–water partition coefficient (Wildman–Crippen LogP) is -0.765. The SMILES string of the molecule is NC(=O)OCC1(C(=O)O)CS[C@@H]2C(NC(=O)C(=NOC(F)F)c3csc(N)n3)C(=O)N2C1. The molecule has 2 aliphatic rings. The summed E-state index contributed by atoms with van der Waals surface area (Å²) in [6.07, 6.45) is -1.15. The fourth-order valence-corrected chi connectivity index (χ4v) is 5.09. The molecule has 174 valence electrons. The zero-order valence-electron chi connectivity index (χ0n) is 15.9. The lowest BCUT2D eigenvalue weighted by atomic mass is 9.88. The molecule has 0 bridgehead atoms. The first-order valence-corrected chi connectivity index (χ1v) is 10.6. The van der Waals surface area contributed by atoms with Crippen LogP contribution in [0.3, 0.4) is 0 Å². The number of amides is 3. The maximum absolute atomic E-state index is 12.6. The first-order valence-electron chi connectivity index (χ1n) is 8.66. The standard InChI is InChI=1S/C15H16F2N6O7S2/c16-12(17)30-22-6(5-1-31-13(18)20-5)8(24)21-7-9(25)23-2-15(11(26)27,3-29-14(19)28)4-32-10(7)23/h1,7,10,12H,2-4H2,(H2,18,20)(H2,19,28)(H,21,24)(H,26,27)/t7?,10-,15?/m1/s1. The molecule has 3 atom stereocenters. The van der Waals surface area contributed by atoms with E-state index in [0.29, 0.717) is 0 Å². The molecule has 0 saturated carbocycles. The number of carbonyl (C=O) groups excluding carboxylic acids is 3. The fraction of sp³-hybridized carbons (Fsp3) is 0.467. The van der Waals surface area contributed by atoms with Crippen LogP contribution < -0.4 is 16.8 Å². The number of aromatic nitrogens is 1. The van der Waals surface area contributed by atoms with Crippen molar-refractivity contribution in [1.29, 1.82) is 0 Å². The van der Waals surface area contributed by atoms with E-state index in [-0.39, 0.29) is 23.1 Å². The van der Waals surface area contributed by atoms with E-state index >= 15 is 0 Å². The summed E-state index contributed by atoms with van der Waals surface area (Å²) in [6, 6.07) is -1.08. The molecule has 0 spiro atoms. The molecular formula is C15H16F2N6O7S2. The molecule has 2 saturated heterocycles. The molecule has 3 rings (SSSR count). The number of fused-ring (bicyclic) bond motifs is 1. The number of hydrogen-bond acceptors (Lipinski definition) is 11. The Labute approximate surface area is 186 Å². The number of carbonyl (C=O) groups is 4. The van der Waals surface area contributed by atoms with Crippen molar-refractivity contribution in [2.24, 2.45) is 16.3 Å². The van der Waals surface area contributed by atoms with Crippen LogP contribution in [0.15, 0.2) is 10.5 Å². The highest BCUT2D eigenvalue weighted by atomic mass is 32.2. The van der Waals surface area contributed by atoms with Gasteiger partial charge in [0.15, 0.2) is 10.8 Å². The number of oxime groups is 1. The number of thiazole rings is 1.